The first kappa shape index (κ1) is 12.9. The number of halogens is 4. The quantitative estimate of drug-likeness (QED) is 0.455. The van der Waals surface area contributed by atoms with Gasteiger partial charge in [-0.3, -0.25) is 0 Å². The van der Waals surface area contributed by atoms with Crippen LogP contribution in [0, 0.1) is 0 Å². The first-order valence-electron chi connectivity index (χ1n) is 0.478. The maximum Gasteiger partial charge on any atom is 1.00 e. The fourth-order valence-electron chi connectivity index (χ4n) is 0. The number of hydrogen-bond acceptors (Lipinski definition) is 0. The Bertz CT molecular complexity index is 23.0. The van der Waals surface area contributed by atoms with Gasteiger partial charge >= 0.3 is 113 Å². The summed E-state index contributed by atoms with van der Waals surface area (Å²) in [6.45, 7) is 0. The average Bonchev–Trinajstić information content (AvgIpc) is 0.722. The number of hydrogen-bond donors (Lipinski definition) is 0. The van der Waals surface area contributed by atoms with Crippen LogP contribution in [0.3, 0.4) is 0 Å². The molecule has 0 nitrogen and oxygen atoms in total. The van der Waals surface area contributed by atoms with E-state index in [2.05, 4.69) is 53.7 Å². The Labute approximate surface area is 109 Å². The molecule has 0 unspecified atom stereocenters. The first-order chi connectivity index (χ1) is 2.00. The van der Waals surface area contributed by atoms with Crippen molar-refractivity contribution >= 4 is 53.7 Å². The van der Waals surface area contributed by atoms with E-state index in [0.29, 0.717) is 0 Å². The van der Waals surface area contributed by atoms with Gasteiger partial charge in [0.1, 0.15) is 0 Å². The van der Waals surface area contributed by atoms with E-state index < -0.39 is 7.47 Å². The van der Waals surface area contributed by atoms with Crippen molar-refractivity contribution in [2.45, 2.75) is 0 Å². The van der Waals surface area contributed by atoms with Gasteiger partial charge in [0.05, 0.1) is 0 Å². The summed E-state index contributed by atoms with van der Waals surface area (Å²) in [5.74, 6) is 0. The van der Waals surface area contributed by atoms with Gasteiger partial charge in [0.25, 0.3) is 0 Å². The van der Waals surface area contributed by atoms with Crippen LogP contribution in [0.5, 0.6) is 0 Å². The molecule has 6 heteroatoms. The van der Waals surface area contributed by atoms with Crippen molar-refractivity contribution in [3.05, 3.63) is 0 Å². The van der Waals surface area contributed by atoms with Gasteiger partial charge in [-0.15, -0.1) is 0 Å². The molecule has 0 spiro atoms. The zero-order valence-corrected chi connectivity index (χ0v) is 13.8. The summed E-state index contributed by atoms with van der Waals surface area (Å²) in [4.78, 5) is 0. The molecular weight excluding hydrogens is 465 g/mol. The molecule has 0 amide bonds. The van der Waals surface area contributed by atoms with Crippen molar-refractivity contribution in [2.75, 3.05) is 0 Å². The van der Waals surface area contributed by atoms with Crippen LogP contribution in [0.2, 0.25) is 0 Å². The van der Waals surface area contributed by atoms with Crippen molar-refractivity contribution < 1.29 is 58.9 Å². The molecule has 39 valence electrons. The summed E-state index contributed by atoms with van der Waals surface area (Å²) in [6, 6.07) is 0. The van der Waals surface area contributed by atoms with Crippen molar-refractivity contribution in [1.29, 1.82) is 0 Å². The second-order valence-corrected chi connectivity index (χ2v) is 43.3. The summed E-state index contributed by atoms with van der Waals surface area (Å²) in [5.41, 5.74) is 0. The van der Waals surface area contributed by atoms with Gasteiger partial charge in [0.15, 0.2) is 0 Å². The van der Waals surface area contributed by atoms with Crippen LogP contribution >= 0.6 is 53.7 Å². The standard InChI is InChI=1S/4BrH.K.Pd/h4*1H;;/q;;;;+1;+3/p-4. The molecule has 0 radical (unpaired) electrons. The van der Waals surface area contributed by atoms with Crippen molar-refractivity contribution in [3.8, 4) is 0 Å². The molecule has 0 heterocycles. The van der Waals surface area contributed by atoms with Crippen LogP contribution in [0.25, 0.3) is 0 Å². The van der Waals surface area contributed by atoms with E-state index in [1.807, 2.05) is 0 Å². The maximum absolute atomic E-state index is 3.28. The van der Waals surface area contributed by atoms with Crippen LogP contribution in [-0.4, -0.2) is 0 Å². The summed E-state index contributed by atoms with van der Waals surface area (Å²) in [5, 5.41) is 0. The monoisotopic (exact) mass is 461 g/mol. The van der Waals surface area contributed by atoms with Gasteiger partial charge in [0, 0.05) is 0 Å². The molecule has 0 atom stereocenters. The van der Waals surface area contributed by atoms with Crippen LogP contribution in [-0.2, 0) is 7.47 Å². The molecule has 0 aromatic carbocycles. The fourth-order valence-corrected chi connectivity index (χ4v) is 0. The third-order valence-corrected chi connectivity index (χ3v) is 0. The summed E-state index contributed by atoms with van der Waals surface area (Å²) in [6.07, 6.45) is 0. The minimum atomic E-state index is -1.45. The molecule has 0 rings (SSSR count). The molecule has 0 N–H and O–H groups in total. The van der Waals surface area contributed by atoms with Crippen molar-refractivity contribution in [3.63, 3.8) is 0 Å². The Morgan fingerprint density at radius 1 is 0.833 bits per heavy atom. The summed E-state index contributed by atoms with van der Waals surface area (Å²) < 4.78 is 0. The minimum Gasteiger partial charge on any atom is 1.00 e. The van der Waals surface area contributed by atoms with Gasteiger partial charge in [0.2, 0.25) is 0 Å². The molecule has 0 aromatic rings. The van der Waals surface area contributed by atoms with E-state index in [0.717, 1.165) is 0 Å². The Hall–Kier alpha value is 4.22. The molecule has 0 aliphatic rings. The predicted octanol–water partition coefficient (Wildman–Crippen LogP) is 0.384. The smallest absolute Gasteiger partial charge is 1.00 e. The second kappa shape index (κ2) is 5.96. The van der Waals surface area contributed by atoms with E-state index in [4.69, 9.17) is 0 Å². The van der Waals surface area contributed by atoms with Gasteiger partial charge < -0.3 is 0 Å². The van der Waals surface area contributed by atoms with E-state index in [1.165, 1.54) is 0 Å². The van der Waals surface area contributed by atoms with Gasteiger partial charge in [-0.1, -0.05) is 0 Å². The number of rotatable bonds is 0. The van der Waals surface area contributed by atoms with Crippen LogP contribution in [0.15, 0.2) is 0 Å². The maximum atomic E-state index is 3.28. The Kier molecular flexibility index (Phi) is 12.8. The zero-order valence-electron chi connectivity index (χ0n) is 2.83. The fraction of sp³-hybridized carbons (Fsp3) is 0. The molecular formula is Br4KPd. The third-order valence-electron chi connectivity index (χ3n) is 0. The molecule has 0 saturated heterocycles. The molecule has 0 saturated carbocycles. The van der Waals surface area contributed by atoms with Crippen LogP contribution in [0.1, 0.15) is 0 Å². The Morgan fingerprint density at radius 3 is 0.833 bits per heavy atom. The Balaban J connectivity index is 0. The average molecular weight is 465 g/mol. The Morgan fingerprint density at radius 2 is 0.833 bits per heavy atom. The molecule has 0 aromatic heterocycles. The largest absolute Gasteiger partial charge is 1.00 e. The molecule has 6 heavy (non-hydrogen) atoms. The molecule has 0 aliphatic heterocycles. The normalized spacial score (nSPS) is 12.7. The van der Waals surface area contributed by atoms with E-state index >= 15 is 0 Å². The van der Waals surface area contributed by atoms with E-state index in [9.17, 15) is 0 Å². The first-order valence-corrected chi connectivity index (χ1v) is 14.7. The van der Waals surface area contributed by atoms with E-state index in [-0.39, 0.29) is 51.4 Å². The molecule has 0 fully saturated rings. The van der Waals surface area contributed by atoms with Crippen molar-refractivity contribution in [2.24, 2.45) is 0 Å². The molecule has 0 bridgehead atoms. The topological polar surface area (TPSA) is 0 Å². The SMILES string of the molecule is [Br][Pd-]([Br])([Br])[Br].[K+]. The summed E-state index contributed by atoms with van der Waals surface area (Å²) >= 11 is 13.1. The minimum absolute atomic E-state index is 0. The van der Waals surface area contributed by atoms with Crippen LogP contribution in [0.4, 0.5) is 0 Å². The van der Waals surface area contributed by atoms with Gasteiger partial charge in [-0.2, -0.15) is 0 Å². The van der Waals surface area contributed by atoms with Gasteiger partial charge in [-0.05, 0) is 0 Å². The molecule has 0 aliphatic carbocycles. The van der Waals surface area contributed by atoms with Gasteiger partial charge in [-0.25, -0.2) is 0 Å². The zero-order chi connectivity index (χ0) is 4.50. The summed E-state index contributed by atoms with van der Waals surface area (Å²) in [7, 11) is -1.45. The van der Waals surface area contributed by atoms with Crippen LogP contribution < -0.4 is 51.4 Å². The van der Waals surface area contributed by atoms with E-state index in [1.54, 1.807) is 0 Å². The predicted molar refractivity (Wildman–Crippen MR) is 35.7 cm³/mol. The van der Waals surface area contributed by atoms with Crippen molar-refractivity contribution in [1.82, 2.24) is 0 Å². The third kappa shape index (κ3) is 24.1. The second-order valence-electron chi connectivity index (χ2n) is 0.271.